The molecule has 0 aromatic carbocycles. The van der Waals surface area contributed by atoms with Crippen molar-refractivity contribution in [2.24, 2.45) is 0 Å². The SMILES string of the molecule is O=c1cc(C[NH+]2CCCCC2)nc2sccn12. The zero-order chi connectivity index (χ0) is 11.7. The van der Waals surface area contributed by atoms with Crippen LogP contribution in [0.2, 0.25) is 0 Å². The second kappa shape index (κ2) is 4.58. The fourth-order valence-corrected chi connectivity index (χ4v) is 3.20. The largest absolute Gasteiger partial charge is 0.330 e. The molecule has 1 aliphatic rings. The van der Waals surface area contributed by atoms with Gasteiger partial charge in [0.25, 0.3) is 5.56 Å². The summed E-state index contributed by atoms with van der Waals surface area (Å²) in [7, 11) is 0. The molecule has 1 saturated heterocycles. The molecule has 0 atom stereocenters. The number of aromatic nitrogens is 2. The van der Waals surface area contributed by atoms with Crippen molar-refractivity contribution in [3.63, 3.8) is 0 Å². The van der Waals surface area contributed by atoms with Gasteiger partial charge in [0.05, 0.1) is 13.1 Å². The zero-order valence-electron chi connectivity index (χ0n) is 9.69. The normalized spacial score (nSPS) is 17.6. The Labute approximate surface area is 104 Å². The molecule has 0 spiro atoms. The number of piperidine rings is 1. The Hall–Kier alpha value is -1.20. The van der Waals surface area contributed by atoms with Gasteiger partial charge < -0.3 is 4.90 Å². The van der Waals surface area contributed by atoms with Crippen LogP contribution in [0, 0.1) is 0 Å². The Morgan fingerprint density at radius 2 is 2.18 bits per heavy atom. The van der Waals surface area contributed by atoms with Crippen LogP contribution in [0.4, 0.5) is 0 Å². The van der Waals surface area contributed by atoms with Gasteiger partial charge in [0.15, 0.2) is 4.96 Å². The van der Waals surface area contributed by atoms with E-state index in [1.165, 1.54) is 43.7 Å². The van der Waals surface area contributed by atoms with Gasteiger partial charge in [0.2, 0.25) is 0 Å². The van der Waals surface area contributed by atoms with E-state index in [0.717, 1.165) is 17.2 Å². The van der Waals surface area contributed by atoms with Crippen LogP contribution in [-0.4, -0.2) is 22.5 Å². The Balaban J connectivity index is 1.87. The maximum absolute atomic E-state index is 11.8. The number of nitrogens with zero attached hydrogens (tertiary/aromatic N) is 2. The minimum absolute atomic E-state index is 0.0441. The van der Waals surface area contributed by atoms with E-state index in [9.17, 15) is 4.79 Å². The molecule has 0 saturated carbocycles. The number of hydrogen-bond acceptors (Lipinski definition) is 3. The lowest BCUT2D eigenvalue weighted by Gasteiger charge is -2.22. The van der Waals surface area contributed by atoms with Crippen LogP contribution in [0.25, 0.3) is 4.96 Å². The fraction of sp³-hybridized carbons (Fsp3) is 0.500. The minimum Gasteiger partial charge on any atom is -0.330 e. The third kappa shape index (κ3) is 2.25. The van der Waals surface area contributed by atoms with Gasteiger partial charge in [-0.15, -0.1) is 11.3 Å². The quantitative estimate of drug-likeness (QED) is 0.834. The summed E-state index contributed by atoms with van der Waals surface area (Å²) in [5.41, 5.74) is 0.983. The van der Waals surface area contributed by atoms with Crippen LogP contribution in [0.15, 0.2) is 22.4 Å². The average molecular weight is 250 g/mol. The second-order valence-electron chi connectivity index (χ2n) is 4.63. The maximum Gasteiger partial charge on any atom is 0.258 e. The number of rotatable bonds is 2. The van der Waals surface area contributed by atoms with Gasteiger partial charge in [-0.1, -0.05) is 0 Å². The van der Waals surface area contributed by atoms with E-state index in [-0.39, 0.29) is 5.56 Å². The molecule has 0 bridgehead atoms. The molecule has 3 heterocycles. The topological polar surface area (TPSA) is 38.8 Å². The molecule has 2 aromatic heterocycles. The lowest BCUT2D eigenvalue weighted by Crippen LogP contribution is -3.11. The lowest BCUT2D eigenvalue weighted by atomic mass is 10.1. The summed E-state index contributed by atoms with van der Waals surface area (Å²) >= 11 is 1.52. The van der Waals surface area contributed by atoms with Crippen molar-refractivity contribution in [1.29, 1.82) is 0 Å². The van der Waals surface area contributed by atoms with Crippen molar-refractivity contribution in [3.05, 3.63) is 33.7 Å². The predicted molar refractivity (Wildman–Crippen MR) is 67.6 cm³/mol. The average Bonchev–Trinajstić information content (AvgIpc) is 2.79. The zero-order valence-corrected chi connectivity index (χ0v) is 10.5. The van der Waals surface area contributed by atoms with E-state index in [2.05, 4.69) is 4.98 Å². The molecule has 1 N–H and O–H groups in total. The number of fused-ring (bicyclic) bond motifs is 1. The summed E-state index contributed by atoms with van der Waals surface area (Å²) in [6.07, 6.45) is 5.74. The van der Waals surface area contributed by atoms with Gasteiger partial charge in [0.1, 0.15) is 12.2 Å². The predicted octanol–water partition coefficient (Wildman–Crippen LogP) is 0.325. The van der Waals surface area contributed by atoms with E-state index in [1.54, 1.807) is 21.6 Å². The van der Waals surface area contributed by atoms with Crippen molar-refractivity contribution >= 4 is 16.3 Å². The molecule has 0 radical (unpaired) electrons. The highest BCUT2D eigenvalue weighted by molar-refractivity contribution is 7.15. The van der Waals surface area contributed by atoms with Crippen molar-refractivity contribution in [2.45, 2.75) is 25.8 Å². The molecule has 1 fully saturated rings. The molecule has 0 amide bonds. The molecular weight excluding hydrogens is 234 g/mol. The molecule has 17 heavy (non-hydrogen) atoms. The summed E-state index contributed by atoms with van der Waals surface area (Å²) < 4.78 is 1.61. The summed E-state index contributed by atoms with van der Waals surface area (Å²) in [6, 6.07) is 1.68. The molecule has 4 nitrogen and oxygen atoms in total. The Morgan fingerprint density at radius 3 is 3.00 bits per heavy atom. The van der Waals surface area contributed by atoms with Crippen molar-refractivity contribution in [1.82, 2.24) is 9.38 Å². The van der Waals surface area contributed by atoms with Crippen LogP contribution in [0.3, 0.4) is 0 Å². The minimum atomic E-state index is 0.0441. The third-order valence-electron chi connectivity index (χ3n) is 3.35. The first-order valence-electron chi connectivity index (χ1n) is 6.12. The van der Waals surface area contributed by atoms with Crippen LogP contribution in [0.1, 0.15) is 25.0 Å². The summed E-state index contributed by atoms with van der Waals surface area (Å²) in [4.78, 5) is 18.7. The van der Waals surface area contributed by atoms with Gasteiger partial charge in [-0.2, -0.15) is 0 Å². The Kier molecular flexibility index (Phi) is 2.94. The summed E-state index contributed by atoms with van der Waals surface area (Å²) in [5, 5.41) is 1.90. The first kappa shape index (κ1) is 10.9. The van der Waals surface area contributed by atoms with Gasteiger partial charge in [-0.3, -0.25) is 9.20 Å². The number of thiazole rings is 1. The van der Waals surface area contributed by atoms with E-state index < -0.39 is 0 Å². The number of likely N-dealkylation sites (tertiary alicyclic amines) is 1. The van der Waals surface area contributed by atoms with Crippen LogP contribution < -0.4 is 10.5 Å². The highest BCUT2D eigenvalue weighted by atomic mass is 32.1. The Morgan fingerprint density at radius 1 is 1.35 bits per heavy atom. The molecule has 1 aliphatic heterocycles. The smallest absolute Gasteiger partial charge is 0.258 e. The summed E-state index contributed by atoms with van der Waals surface area (Å²) in [6.45, 7) is 3.32. The molecule has 3 rings (SSSR count). The Bertz CT molecular complexity index is 568. The third-order valence-corrected chi connectivity index (χ3v) is 4.10. The van der Waals surface area contributed by atoms with Crippen molar-refractivity contribution in [3.8, 4) is 0 Å². The number of quaternary nitrogens is 1. The standard InChI is InChI=1S/C12H15N3OS/c16-11-8-10(9-14-4-2-1-3-5-14)13-12-15(11)6-7-17-12/h6-8H,1-5,9H2/p+1. The highest BCUT2D eigenvalue weighted by Crippen LogP contribution is 2.06. The molecular formula is C12H16N3OS+. The van der Waals surface area contributed by atoms with E-state index in [4.69, 9.17) is 0 Å². The van der Waals surface area contributed by atoms with Crippen molar-refractivity contribution in [2.75, 3.05) is 13.1 Å². The summed E-state index contributed by atoms with van der Waals surface area (Å²) in [5.74, 6) is 0. The van der Waals surface area contributed by atoms with Gasteiger partial charge in [-0.25, -0.2) is 4.98 Å². The molecule has 5 heteroatoms. The van der Waals surface area contributed by atoms with Gasteiger partial charge in [0, 0.05) is 17.6 Å². The molecule has 90 valence electrons. The molecule has 0 aliphatic carbocycles. The van der Waals surface area contributed by atoms with E-state index >= 15 is 0 Å². The maximum atomic E-state index is 11.8. The number of nitrogens with one attached hydrogen (secondary N) is 1. The van der Waals surface area contributed by atoms with E-state index in [1.807, 2.05) is 5.38 Å². The van der Waals surface area contributed by atoms with Crippen LogP contribution in [0.5, 0.6) is 0 Å². The molecule has 2 aromatic rings. The fourth-order valence-electron chi connectivity index (χ4n) is 2.46. The highest BCUT2D eigenvalue weighted by Gasteiger charge is 2.15. The van der Waals surface area contributed by atoms with Crippen molar-refractivity contribution < 1.29 is 4.90 Å². The first-order chi connectivity index (χ1) is 8.33. The van der Waals surface area contributed by atoms with Crippen LogP contribution >= 0.6 is 11.3 Å². The monoisotopic (exact) mass is 250 g/mol. The van der Waals surface area contributed by atoms with E-state index in [0.29, 0.717) is 0 Å². The first-order valence-corrected chi connectivity index (χ1v) is 7.00. The van der Waals surface area contributed by atoms with Gasteiger partial charge >= 0.3 is 0 Å². The number of hydrogen-bond donors (Lipinski definition) is 1. The van der Waals surface area contributed by atoms with Gasteiger partial charge in [-0.05, 0) is 19.3 Å². The van der Waals surface area contributed by atoms with Crippen LogP contribution in [-0.2, 0) is 6.54 Å². The lowest BCUT2D eigenvalue weighted by molar-refractivity contribution is -0.918. The molecule has 0 unspecified atom stereocenters. The second-order valence-corrected chi connectivity index (χ2v) is 5.50.